The van der Waals surface area contributed by atoms with Gasteiger partial charge in [-0.3, -0.25) is 0 Å². The molecule has 0 spiro atoms. The van der Waals surface area contributed by atoms with Crippen LogP contribution in [-0.2, 0) is 9.59 Å². The molecule has 1 N–H and O–H groups in total. The first-order valence-electron chi connectivity index (χ1n) is 3.16. The van der Waals surface area contributed by atoms with Crippen molar-refractivity contribution in [2.75, 3.05) is 0 Å². The van der Waals surface area contributed by atoms with E-state index < -0.39 is 18.0 Å². The lowest BCUT2D eigenvalue weighted by molar-refractivity contribution is -0.308. The molecule has 0 rings (SSSR count). The third-order valence-corrected chi connectivity index (χ3v) is 1.16. The zero-order chi connectivity index (χ0) is 8.85. The molecule has 0 aliphatic carbocycles. The van der Waals surface area contributed by atoms with Gasteiger partial charge in [0, 0.05) is 11.9 Å². The van der Waals surface area contributed by atoms with Gasteiger partial charge < -0.3 is 25.5 Å². The molecular formula is C6H8NO4-3. The summed E-state index contributed by atoms with van der Waals surface area (Å²) in [7, 11) is 0. The molecule has 1 atom stereocenters. The van der Waals surface area contributed by atoms with Crippen molar-refractivity contribution in [2.24, 2.45) is 0 Å². The van der Waals surface area contributed by atoms with E-state index in [1.165, 1.54) is 0 Å². The van der Waals surface area contributed by atoms with Gasteiger partial charge in [-0.2, -0.15) is 0 Å². The number of carbonyl (C=O) groups excluding carboxylic acids is 2. The molecule has 0 radical (unpaired) electrons. The Morgan fingerprint density at radius 1 is 1.36 bits per heavy atom. The van der Waals surface area contributed by atoms with E-state index in [9.17, 15) is 19.8 Å². The van der Waals surface area contributed by atoms with E-state index >= 15 is 0 Å². The smallest absolute Gasteiger partial charge is 0.0414 e. The van der Waals surface area contributed by atoms with Crippen LogP contribution in [-0.4, -0.2) is 18.0 Å². The molecule has 11 heavy (non-hydrogen) atoms. The Morgan fingerprint density at radius 3 is 2.27 bits per heavy atom. The van der Waals surface area contributed by atoms with Gasteiger partial charge >= 0.3 is 0 Å². The van der Waals surface area contributed by atoms with E-state index in [2.05, 4.69) is 0 Å². The number of rotatable bonds is 5. The van der Waals surface area contributed by atoms with Crippen LogP contribution in [0.15, 0.2) is 0 Å². The molecule has 5 heteroatoms. The summed E-state index contributed by atoms with van der Waals surface area (Å²) in [6, 6.07) is -1.32. The van der Waals surface area contributed by atoms with Crippen LogP contribution in [0.3, 0.4) is 0 Å². The Labute approximate surface area is 63.8 Å². The van der Waals surface area contributed by atoms with Crippen molar-refractivity contribution in [2.45, 2.75) is 25.3 Å². The molecule has 0 saturated heterocycles. The number of carboxylic acid groups (broad SMARTS) is 2. The average molecular weight is 158 g/mol. The van der Waals surface area contributed by atoms with Gasteiger partial charge in [-0.1, -0.05) is 12.5 Å². The van der Waals surface area contributed by atoms with E-state index in [-0.39, 0.29) is 19.3 Å². The Balaban J connectivity index is 3.39. The highest BCUT2D eigenvalue weighted by atomic mass is 16.4. The standard InChI is InChI=1S/C6H10NO4/c7-4(6(10)11)2-1-3-5(8)9/h4,7H,1-3H2,(H,8,9)(H,10,11)/q-1/p-2. The molecule has 0 aromatic heterocycles. The van der Waals surface area contributed by atoms with Gasteiger partial charge in [-0.05, 0) is 12.8 Å². The predicted molar refractivity (Wildman–Crippen MR) is 32.0 cm³/mol. The fraction of sp³-hybridized carbons (Fsp3) is 0.667. The van der Waals surface area contributed by atoms with E-state index in [0.29, 0.717) is 0 Å². The molecule has 1 unspecified atom stereocenters. The maximum absolute atomic E-state index is 9.91. The minimum Gasteiger partial charge on any atom is -0.670 e. The van der Waals surface area contributed by atoms with Gasteiger partial charge in [0.15, 0.2) is 0 Å². The lowest BCUT2D eigenvalue weighted by Gasteiger charge is -2.20. The first kappa shape index (κ1) is 9.90. The van der Waals surface area contributed by atoms with Crippen LogP contribution >= 0.6 is 0 Å². The second-order valence-electron chi connectivity index (χ2n) is 2.14. The summed E-state index contributed by atoms with van der Waals surface area (Å²) in [4.78, 5) is 19.7. The number of carbonyl (C=O) groups is 2. The largest absolute Gasteiger partial charge is 0.670 e. The highest BCUT2D eigenvalue weighted by Crippen LogP contribution is 2.01. The molecule has 0 aromatic carbocycles. The van der Waals surface area contributed by atoms with Crippen molar-refractivity contribution in [1.29, 1.82) is 0 Å². The van der Waals surface area contributed by atoms with Crippen LogP contribution in [0.25, 0.3) is 5.73 Å². The predicted octanol–water partition coefficient (Wildman–Crippen LogP) is -1.92. The zero-order valence-corrected chi connectivity index (χ0v) is 5.83. The summed E-state index contributed by atoms with van der Waals surface area (Å²) < 4.78 is 0. The van der Waals surface area contributed by atoms with Gasteiger partial charge in [0.2, 0.25) is 0 Å². The van der Waals surface area contributed by atoms with Gasteiger partial charge in [-0.15, -0.1) is 0 Å². The first-order chi connectivity index (χ1) is 5.04. The van der Waals surface area contributed by atoms with Crippen LogP contribution < -0.4 is 10.2 Å². The zero-order valence-electron chi connectivity index (χ0n) is 5.83. The van der Waals surface area contributed by atoms with Crippen molar-refractivity contribution in [3.8, 4) is 0 Å². The van der Waals surface area contributed by atoms with Crippen LogP contribution in [0, 0.1) is 0 Å². The molecule has 64 valence electrons. The molecule has 0 amide bonds. The van der Waals surface area contributed by atoms with Gasteiger partial charge in [0.25, 0.3) is 0 Å². The van der Waals surface area contributed by atoms with Gasteiger partial charge in [0.05, 0.1) is 0 Å². The molecule has 0 aliphatic rings. The normalized spacial score (nSPS) is 12.5. The van der Waals surface area contributed by atoms with E-state index in [0.717, 1.165) is 0 Å². The van der Waals surface area contributed by atoms with Crippen molar-refractivity contribution >= 4 is 11.9 Å². The monoisotopic (exact) mass is 158 g/mol. The number of hydrogen-bond donors (Lipinski definition) is 0. The van der Waals surface area contributed by atoms with Crippen LogP contribution in [0.5, 0.6) is 0 Å². The second kappa shape index (κ2) is 4.68. The number of aliphatic carboxylic acids is 2. The SMILES string of the molecule is [NH-]C(CCCC(=O)[O-])C(=O)[O-]. The van der Waals surface area contributed by atoms with Crippen molar-refractivity contribution in [3.63, 3.8) is 0 Å². The summed E-state index contributed by atoms with van der Waals surface area (Å²) in [5.74, 6) is -2.70. The molecule has 0 fully saturated rings. The molecular weight excluding hydrogens is 150 g/mol. The maximum atomic E-state index is 9.91. The quantitative estimate of drug-likeness (QED) is 0.465. The Kier molecular flexibility index (Phi) is 4.21. The maximum Gasteiger partial charge on any atom is 0.0414 e. The summed E-state index contributed by atoms with van der Waals surface area (Å²) in [5.41, 5.74) is 6.80. The Bertz CT molecular complexity index is 157. The summed E-state index contributed by atoms with van der Waals surface area (Å²) >= 11 is 0. The third kappa shape index (κ3) is 5.35. The minimum atomic E-state index is -1.47. The van der Waals surface area contributed by atoms with Gasteiger partial charge in [0.1, 0.15) is 0 Å². The highest BCUT2D eigenvalue weighted by molar-refractivity contribution is 5.72. The van der Waals surface area contributed by atoms with Crippen molar-refractivity contribution < 1.29 is 19.8 Å². The summed E-state index contributed by atoms with van der Waals surface area (Å²) in [6.45, 7) is 0. The van der Waals surface area contributed by atoms with Gasteiger partial charge in [-0.25, -0.2) is 0 Å². The first-order valence-corrected chi connectivity index (χ1v) is 3.16. The van der Waals surface area contributed by atoms with E-state index in [1.807, 2.05) is 0 Å². The Hall–Kier alpha value is -1.10. The van der Waals surface area contributed by atoms with Crippen molar-refractivity contribution in [1.82, 2.24) is 0 Å². The molecule has 0 aromatic rings. The molecule has 0 saturated carbocycles. The van der Waals surface area contributed by atoms with Crippen LogP contribution in [0.4, 0.5) is 0 Å². The molecule has 0 heterocycles. The molecule has 0 bridgehead atoms. The topological polar surface area (TPSA) is 104 Å². The summed E-state index contributed by atoms with van der Waals surface area (Å²) in [5, 5.41) is 19.7. The van der Waals surface area contributed by atoms with Crippen molar-refractivity contribution in [3.05, 3.63) is 5.73 Å². The molecule has 5 nitrogen and oxygen atoms in total. The number of nitrogens with one attached hydrogen (secondary N) is 1. The Morgan fingerprint density at radius 2 is 1.91 bits per heavy atom. The van der Waals surface area contributed by atoms with Crippen LogP contribution in [0.1, 0.15) is 19.3 Å². The lowest BCUT2D eigenvalue weighted by Crippen LogP contribution is -2.33. The highest BCUT2D eigenvalue weighted by Gasteiger charge is 1.94. The average Bonchev–Trinajstić information content (AvgIpc) is 1.86. The van der Waals surface area contributed by atoms with E-state index in [4.69, 9.17) is 5.73 Å². The number of hydrogen-bond acceptors (Lipinski definition) is 4. The fourth-order valence-electron chi connectivity index (χ4n) is 0.568. The number of carboxylic acids is 2. The third-order valence-electron chi connectivity index (χ3n) is 1.16. The lowest BCUT2D eigenvalue weighted by atomic mass is 10.1. The molecule has 0 aliphatic heterocycles. The second-order valence-corrected chi connectivity index (χ2v) is 2.14. The fourth-order valence-corrected chi connectivity index (χ4v) is 0.568. The minimum absolute atomic E-state index is 0.00366. The summed E-state index contributed by atoms with van der Waals surface area (Å²) in [6.07, 6.45) is -0.0660. The van der Waals surface area contributed by atoms with E-state index in [1.54, 1.807) is 0 Å². The van der Waals surface area contributed by atoms with Crippen LogP contribution in [0.2, 0.25) is 0 Å².